The summed E-state index contributed by atoms with van der Waals surface area (Å²) in [6, 6.07) is 3.36. The van der Waals surface area contributed by atoms with E-state index in [4.69, 9.17) is 24.7 Å². The average molecular weight is 367 g/mol. The SMILES string of the molecule is CCOc1ccc(CCC(C)CC(N)C(=O)OC)c(OCC)c1OCC. The van der Waals surface area contributed by atoms with Crippen LogP contribution < -0.4 is 19.9 Å². The Bertz CT molecular complexity index is 561. The van der Waals surface area contributed by atoms with Gasteiger partial charge in [-0.1, -0.05) is 13.0 Å². The zero-order chi connectivity index (χ0) is 19.5. The van der Waals surface area contributed by atoms with Crippen molar-refractivity contribution >= 4 is 5.97 Å². The third-order valence-corrected chi connectivity index (χ3v) is 4.10. The number of ether oxygens (including phenoxy) is 4. The Hall–Kier alpha value is -1.95. The highest BCUT2D eigenvalue weighted by Gasteiger charge is 2.20. The molecule has 0 saturated carbocycles. The largest absolute Gasteiger partial charge is 0.490 e. The molecule has 0 bridgehead atoms. The molecule has 148 valence electrons. The van der Waals surface area contributed by atoms with Crippen LogP contribution in [0, 0.1) is 5.92 Å². The number of aryl methyl sites for hydroxylation is 1. The van der Waals surface area contributed by atoms with E-state index < -0.39 is 6.04 Å². The highest BCUT2D eigenvalue weighted by molar-refractivity contribution is 5.75. The topological polar surface area (TPSA) is 80.0 Å². The van der Waals surface area contributed by atoms with E-state index in [9.17, 15) is 4.79 Å². The number of hydrogen-bond donors (Lipinski definition) is 1. The summed E-state index contributed by atoms with van der Waals surface area (Å²) in [4.78, 5) is 11.5. The highest BCUT2D eigenvalue weighted by Crippen LogP contribution is 2.41. The minimum Gasteiger partial charge on any atom is -0.490 e. The summed E-state index contributed by atoms with van der Waals surface area (Å²) >= 11 is 0. The Morgan fingerprint density at radius 2 is 1.65 bits per heavy atom. The van der Waals surface area contributed by atoms with Crippen molar-refractivity contribution < 1.29 is 23.7 Å². The van der Waals surface area contributed by atoms with Crippen LogP contribution >= 0.6 is 0 Å². The molecule has 1 aromatic rings. The van der Waals surface area contributed by atoms with Crippen LogP contribution in [0.1, 0.15) is 46.1 Å². The molecule has 26 heavy (non-hydrogen) atoms. The highest BCUT2D eigenvalue weighted by atomic mass is 16.5. The van der Waals surface area contributed by atoms with Crippen LogP contribution in [-0.4, -0.2) is 38.9 Å². The van der Waals surface area contributed by atoms with Gasteiger partial charge in [-0.25, -0.2) is 0 Å². The number of esters is 1. The minimum absolute atomic E-state index is 0.278. The van der Waals surface area contributed by atoms with Crippen LogP contribution in [0.4, 0.5) is 0 Å². The number of carbonyl (C=O) groups is 1. The molecule has 0 aromatic heterocycles. The molecule has 0 radical (unpaired) electrons. The zero-order valence-electron chi connectivity index (χ0n) is 16.7. The summed E-state index contributed by atoms with van der Waals surface area (Å²) in [7, 11) is 1.36. The van der Waals surface area contributed by atoms with Crippen LogP contribution in [0.25, 0.3) is 0 Å². The maximum Gasteiger partial charge on any atom is 0.322 e. The van der Waals surface area contributed by atoms with Crippen molar-refractivity contribution in [1.29, 1.82) is 0 Å². The summed E-state index contributed by atoms with van der Waals surface area (Å²) < 4.78 is 22.0. The first-order valence-electron chi connectivity index (χ1n) is 9.35. The van der Waals surface area contributed by atoms with E-state index in [0.29, 0.717) is 37.7 Å². The third-order valence-electron chi connectivity index (χ3n) is 4.10. The Labute approximate surface area is 156 Å². The standard InChI is InChI=1S/C20H33NO5/c1-6-24-17-12-11-15(18(25-7-2)19(17)26-8-3)10-9-14(4)13-16(21)20(22)23-5/h11-12,14,16H,6-10,13,21H2,1-5H3. The maximum atomic E-state index is 11.5. The van der Waals surface area contributed by atoms with Gasteiger partial charge in [-0.05, 0) is 57.6 Å². The van der Waals surface area contributed by atoms with Crippen molar-refractivity contribution in [2.75, 3.05) is 26.9 Å². The lowest BCUT2D eigenvalue weighted by atomic mass is 9.94. The van der Waals surface area contributed by atoms with E-state index in [1.54, 1.807) is 0 Å². The van der Waals surface area contributed by atoms with E-state index in [0.717, 1.165) is 24.2 Å². The summed E-state index contributed by atoms with van der Waals surface area (Å²) in [6.07, 6.45) is 2.27. The zero-order valence-corrected chi connectivity index (χ0v) is 16.7. The van der Waals surface area contributed by atoms with E-state index in [1.165, 1.54) is 7.11 Å². The van der Waals surface area contributed by atoms with Crippen molar-refractivity contribution in [2.24, 2.45) is 11.7 Å². The molecular formula is C20H33NO5. The first-order chi connectivity index (χ1) is 12.5. The quantitative estimate of drug-likeness (QED) is 0.571. The number of nitrogens with two attached hydrogens (primary N) is 1. The first-order valence-corrected chi connectivity index (χ1v) is 9.35. The number of rotatable bonds is 12. The van der Waals surface area contributed by atoms with E-state index in [2.05, 4.69) is 6.92 Å². The van der Waals surface area contributed by atoms with Gasteiger partial charge in [0.05, 0.1) is 26.9 Å². The molecule has 0 amide bonds. The van der Waals surface area contributed by atoms with E-state index >= 15 is 0 Å². The molecular weight excluding hydrogens is 334 g/mol. The molecule has 6 heteroatoms. The summed E-state index contributed by atoms with van der Waals surface area (Å²) in [5.74, 6) is 2.01. The Morgan fingerprint density at radius 1 is 1.04 bits per heavy atom. The van der Waals surface area contributed by atoms with Gasteiger partial charge < -0.3 is 24.7 Å². The lowest BCUT2D eigenvalue weighted by Gasteiger charge is -2.20. The Balaban J connectivity index is 2.90. The molecule has 0 aliphatic rings. The monoisotopic (exact) mass is 367 g/mol. The number of methoxy groups -OCH3 is 1. The van der Waals surface area contributed by atoms with Crippen LogP contribution in [-0.2, 0) is 16.0 Å². The van der Waals surface area contributed by atoms with E-state index in [1.807, 2.05) is 32.9 Å². The second kappa shape index (κ2) is 11.6. The molecule has 0 fully saturated rings. The fraction of sp³-hybridized carbons (Fsp3) is 0.650. The summed E-state index contributed by atoms with van der Waals surface area (Å²) in [5, 5.41) is 0. The molecule has 0 saturated heterocycles. The van der Waals surface area contributed by atoms with Gasteiger partial charge in [0.15, 0.2) is 11.5 Å². The van der Waals surface area contributed by atoms with Gasteiger partial charge in [-0.15, -0.1) is 0 Å². The lowest BCUT2D eigenvalue weighted by molar-refractivity contribution is -0.142. The fourth-order valence-electron chi connectivity index (χ4n) is 2.84. The van der Waals surface area contributed by atoms with Crippen molar-refractivity contribution in [2.45, 2.75) is 53.0 Å². The van der Waals surface area contributed by atoms with Crippen LogP contribution in [0.3, 0.4) is 0 Å². The smallest absolute Gasteiger partial charge is 0.322 e. The molecule has 2 N–H and O–H groups in total. The molecule has 2 atom stereocenters. The van der Waals surface area contributed by atoms with Gasteiger partial charge in [-0.2, -0.15) is 0 Å². The molecule has 0 aliphatic heterocycles. The van der Waals surface area contributed by atoms with Gasteiger partial charge in [0.1, 0.15) is 6.04 Å². The lowest BCUT2D eigenvalue weighted by Crippen LogP contribution is -2.33. The Morgan fingerprint density at radius 3 is 2.23 bits per heavy atom. The van der Waals surface area contributed by atoms with Crippen LogP contribution in [0.5, 0.6) is 17.2 Å². The molecule has 1 aromatic carbocycles. The first kappa shape index (κ1) is 22.1. The van der Waals surface area contributed by atoms with Crippen molar-refractivity contribution in [1.82, 2.24) is 0 Å². The normalized spacial score (nSPS) is 13.0. The molecule has 0 spiro atoms. The molecule has 0 aliphatic carbocycles. The van der Waals surface area contributed by atoms with Gasteiger partial charge in [0, 0.05) is 0 Å². The fourth-order valence-corrected chi connectivity index (χ4v) is 2.84. The van der Waals surface area contributed by atoms with E-state index in [-0.39, 0.29) is 11.9 Å². The predicted octanol–water partition coefficient (Wildman–Crippen LogP) is 3.34. The number of carbonyl (C=O) groups excluding carboxylic acids is 1. The molecule has 0 heterocycles. The second-order valence-corrected chi connectivity index (χ2v) is 6.19. The predicted molar refractivity (Wildman–Crippen MR) is 102 cm³/mol. The molecule has 1 rings (SSSR count). The molecule has 6 nitrogen and oxygen atoms in total. The third kappa shape index (κ3) is 6.41. The summed E-state index contributed by atoms with van der Waals surface area (Å²) in [6.45, 7) is 9.56. The van der Waals surface area contributed by atoms with Gasteiger partial charge in [-0.3, -0.25) is 4.79 Å². The van der Waals surface area contributed by atoms with Crippen LogP contribution in [0.2, 0.25) is 0 Å². The minimum atomic E-state index is -0.583. The Kier molecular flexibility index (Phi) is 9.88. The van der Waals surface area contributed by atoms with Gasteiger partial charge >= 0.3 is 5.97 Å². The van der Waals surface area contributed by atoms with Crippen molar-refractivity contribution in [3.63, 3.8) is 0 Å². The average Bonchev–Trinajstić information content (AvgIpc) is 2.63. The van der Waals surface area contributed by atoms with Gasteiger partial charge in [0.2, 0.25) is 5.75 Å². The van der Waals surface area contributed by atoms with Crippen LogP contribution in [0.15, 0.2) is 12.1 Å². The number of hydrogen-bond acceptors (Lipinski definition) is 6. The van der Waals surface area contributed by atoms with Crippen molar-refractivity contribution in [3.05, 3.63) is 17.7 Å². The van der Waals surface area contributed by atoms with Crippen molar-refractivity contribution in [3.8, 4) is 17.2 Å². The maximum absolute atomic E-state index is 11.5. The number of benzene rings is 1. The second-order valence-electron chi connectivity index (χ2n) is 6.19. The summed E-state index contributed by atoms with van der Waals surface area (Å²) in [5.41, 5.74) is 6.92. The molecule has 2 unspecified atom stereocenters. The van der Waals surface area contributed by atoms with Gasteiger partial charge in [0.25, 0.3) is 0 Å².